The first kappa shape index (κ1) is 14.2. The Kier molecular flexibility index (Phi) is 3.98. The van der Waals surface area contributed by atoms with Crippen LogP contribution in [0.25, 0.3) is 0 Å². The molecule has 3 heterocycles. The smallest absolute Gasteiger partial charge is 0.326 e. The number of aromatic amines is 1. The molecule has 110 valence electrons. The lowest BCUT2D eigenvalue weighted by Crippen LogP contribution is -2.49. The number of thiophene rings is 1. The van der Waals surface area contributed by atoms with Gasteiger partial charge in [0.25, 0.3) is 0 Å². The van der Waals surface area contributed by atoms with Gasteiger partial charge in [0, 0.05) is 6.42 Å². The van der Waals surface area contributed by atoms with Gasteiger partial charge >= 0.3 is 5.97 Å². The number of rotatable bonds is 4. The van der Waals surface area contributed by atoms with Gasteiger partial charge in [-0.2, -0.15) is 0 Å². The van der Waals surface area contributed by atoms with Crippen LogP contribution in [0, 0.1) is 0 Å². The average Bonchev–Trinajstić information content (AvgIpc) is 3.13. The quantitative estimate of drug-likeness (QED) is 0.835. The summed E-state index contributed by atoms with van der Waals surface area (Å²) in [5.41, 5.74) is 1.55. The summed E-state index contributed by atoms with van der Waals surface area (Å²) in [5, 5.41) is 11.3. The van der Waals surface area contributed by atoms with Crippen LogP contribution in [0.3, 0.4) is 0 Å². The number of H-pyrrole nitrogens is 1. The van der Waals surface area contributed by atoms with Gasteiger partial charge in [-0.3, -0.25) is 4.79 Å². The molecule has 0 saturated heterocycles. The van der Waals surface area contributed by atoms with Crippen LogP contribution >= 0.6 is 23.1 Å². The third-order valence-corrected chi connectivity index (χ3v) is 5.45. The molecule has 8 heteroatoms. The number of thioether (sulfide) groups is 1. The predicted octanol–water partition coefficient (Wildman–Crippen LogP) is 1.60. The molecule has 21 heavy (non-hydrogen) atoms. The first-order valence-electron chi connectivity index (χ1n) is 6.35. The van der Waals surface area contributed by atoms with Crippen LogP contribution in [0.4, 0.5) is 0 Å². The van der Waals surface area contributed by atoms with Crippen molar-refractivity contribution in [3.05, 3.63) is 35.2 Å². The molecule has 0 radical (unpaired) electrons. The fraction of sp³-hybridized carbons (Fsp3) is 0.308. The zero-order valence-electron chi connectivity index (χ0n) is 11.0. The van der Waals surface area contributed by atoms with Gasteiger partial charge < -0.3 is 15.0 Å². The summed E-state index contributed by atoms with van der Waals surface area (Å²) < 4.78 is 1.05. The van der Waals surface area contributed by atoms with E-state index in [-0.39, 0.29) is 24.6 Å². The summed E-state index contributed by atoms with van der Waals surface area (Å²) in [6, 6.07) is 3.03. The Morgan fingerprint density at radius 2 is 2.43 bits per heavy atom. The number of aromatic nitrogens is 2. The highest BCUT2D eigenvalue weighted by Gasteiger charge is 2.35. The predicted molar refractivity (Wildman–Crippen MR) is 79.3 cm³/mol. The molecule has 1 aliphatic rings. The maximum Gasteiger partial charge on any atom is 0.326 e. The van der Waals surface area contributed by atoms with E-state index in [1.807, 2.05) is 17.5 Å². The minimum atomic E-state index is -0.988. The average molecular weight is 323 g/mol. The van der Waals surface area contributed by atoms with Crippen LogP contribution < -0.4 is 0 Å². The molecular formula is C13H13N3O3S2. The van der Waals surface area contributed by atoms with E-state index in [9.17, 15) is 14.7 Å². The largest absolute Gasteiger partial charge is 0.480 e. The number of nitrogens with zero attached hydrogens (tertiary/aromatic N) is 2. The molecule has 0 aliphatic carbocycles. The Hall–Kier alpha value is -1.80. The van der Waals surface area contributed by atoms with Gasteiger partial charge in [-0.25, -0.2) is 9.78 Å². The molecule has 2 N–H and O–H groups in total. The molecule has 1 atom stereocenters. The van der Waals surface area contributed by atoms with E-state index in [0.717, 1.165) is 15.6 Å². The Morgan fingerprint density at radius 3 is 3.14 bits per heavy atom. The first-order valence-corrected chi connectivity index (χ1v) is 8.21. The number of carboxylic acids is 1. The van der Waals surface area contributed by atoms with E-state index < -0.39 is 12.0 Å². The molecule has 3 rings (SSSR count). The van der Waals surface area contributed by atoms with Crippen LogP contribution in [0.15, 0.2) is 28.0 Å². The van der Waals surface area contributed by atoms with Crippen molar-refractivity contribution in [3.8, 4) is 0 Å². The standard InChI is InChI=1S/C13H13N3O3S2/c17-11(6-21-12-2-1-3-20-12)16-5-9-8(14-7-15-9)4-10(16)13(18)19/h1-3,7,10H,4-6H2,(H,14,15)(H,18,19). The lowest BCUT2D eigenvalue weighted by atomic mass is 10.0. The number of nitrogens with one attached hydrogen (secondary N) is 1. The van der Waals surface area contributed by atoms with Crippen molar-refractivity contribution in [3.63, 3.8) is 0 Å². The second-order valence-corrected chi connectivity index (χ2v) is 6.85. The van der Waals surface area contributed by atoms with Crippen LogP contribution in [0.1, 0.15) is 11.4 Å². The zero-order chi connectivity index (χ0) is 14.8. The van der Waals surface area contributed by atoms with Crippen molar-refractivity contribution in [1.29, 1.82) is 0 Å². The fourth-order valence-corrected chi connectivity index (χ4v) is 3.95. The molecule has 2 aromatic rings. The molecular weight excluding hydrogens is 310 g/mol. The Labute approximate surface area is 129 Å². The zero-order valence-corrected chi connectivity index (χ0v) is 12.6. The van der Waals surface area contributed by atoms with Gasteiger partial charge in [0.15, 0.2) is 0 Å². The Morgan fingerprint density at radius 1 is 1.57 bits per heavy atom. The number of fused-ring (bicyclic) bond motifs is 1. The molecule has 0 fully saturated rings. The van der Waals surface area contributed by atoms with Crippen LogP contribution in [0.5, 0.6) is 0 Å². The molecule has 0 aromatic carbocycles. The van der Waals surface area contributed by atoms with Crippen molar-refractivity contribution in [2.45, 2.75) is 23.2 Å². The van der Waals surface area contributed by atoms with E-state index in [1.54, 1.807) is 11.3 Å². The number of carbonyl (C=O) groups excluding carboxylic acids is 1. The van der Waals surface area contributed by atoms with Crippen molar-refractivity contribution < 1.29 is 14.7 Å². The maximum absolute atomic E-state index is 12.4. The summed E-state index contributed by atoms with van der Waals surface area (Å²) in [5.74, 6) is -0.910. The molecule has 0 spiro atoms. The maximum atomic E-state index is 12.4. The van der Waals surface area contributed by atoms with Gasteiger partial charge in [0.2, 0.25) is 5.91 Å². The minimum Gasteiger partial charge on any atom is -0.480 e. The van der Waals surface area contributed by atoms with Crippen LogP contribution in [0.2, 0.25) is 0 Å². The number of hydrogen-bond donors (Lipinski definition) is 2. The van der Waals surface area contributed by atoms with E-state index >= 15 is 0 Å². The third kappa shape index (κ3) is 2.96. The number of hydrogen-bond acceptors (Lipinski definition) is 5. The number of aliphatic carboxylic acids is 1. The molecule has 2 aromatic heterocycles. The van der Waals surface area contributed by atoms with Gasteiger partial charge in [-0.1, -0.05) is 6.07 Å². The topological polar surface area (TPSA) is 86.3 Å². The van der Waals surface area contributed by atoms with Crippen LogP contribution in [-0.2, 0) is 22.6 Å². The highest BCUT2D eigenvalue weighted by Crippen LogP contribution is 2.26. The summed E-state index contributed by atoms with van der Waals surface area (Å²) in [4.78, 5) is 32.2. The SMILES string of the molecule is O=C(O)C1Cc2nc[nH]c2CN1C(=O)CSc1cccs1. The fourth-order valence-electron chi connectivity index (χ4n) is 2.28. The van der Waals surface area contributed by atoms with Crippen molar-refractivity contribution in [2.24, 2.45) is 0 Å². The molecule has 0 saturated carbocycles. The van der Waals surface area contributed by atoms with E-state index in [0.29, 0.717) is 0 Å². The Balaban J connectivity index is 1.72. The summed E-state index contributed by atoms with van der Waals surface area (Å²) >= 11 is 3.00. The number of amides is 1. The molecule has 1 unspecified atom stereocenters. The second-order valence-electron chi connectivity index (χ2n) is 4.63. The number of carboxylic acid groups (broad SMARTS) is 1. The van der Waals surface area contributed by atoms with Crippen molar-refractivity contribution in [1.82, 2.24) is 14.9 Å². The monoisotopic (exact) mass is 323 g/mol. The van der Waals surface area contributed by atoms with Gasteiger partial charge in [-0.15, -0.1) is 23.1 Å². The summed E-state index contributed by atoms with van der Waals surface area (Å²) in [6.45, 7) is 0.274. The Bertz CT molecular complexity index is 653. The lowest BCUT2D eigenvalue weighted by Gasteiger charge is -2.32. The number of carbonyl (C=O) groups is 2. The van der Waals surface area contributed by atoms with Gasteiger partial charge in [-0.05, 0) is 11.4 Å². The van der Waals surface area contributed by atoms with Gasteiger partial charge in [0.1, 0.15) is 6.04 Å². The highest BCUT2D eigenvalue weighted by molar-refractivity contribution is 8.01. The summed E-state index contributed by atoms with van der Waals surface area (Å²) in [6.07, 6.45) is 1.79. The normalized spacial score (nSPS) is 17.5. The van der Waals surface area contributed by atoms with Crippen molar-refractivity contribution >= 4 is 35.0 Å². The van der Waals surface area contributed by atoms with Crippen molar-refractivity contribution in [2.75, 3.05) is 5.75 Å². The molecule has 1 amide bonds. The van der Waals surface area contributed by atoms with E-state index in [1.165, 1.54) is 23.0 Å². The third-order valence-electron chi connectivity index (χ3n) is 3.34. The van der Waals surface area contributed by atoms with Gasteiger partial charge in [0.05, 0.1) is 34.2 Å². The highest BCUT2D eigenvalue weighted by atomic mass is 32.2. The second kappa shape index (κ2) is 5.90. The molecule has 0 bridgehead atoms. The molecule has 1 aliphatic heterocycles. The van der Waals surface area contributed by atoms with E-state index in [4.69, 9.17) is 0 Å². The van der Waals surface area contributed by atoms with Crippen LogP contribution in [-0.4, -0.2) is 43.6 Å². The number of imidazole rings is 1. The first-order chi connectivity index (χ1) is 10.1. The minimum absolute atomic E-state index is 0.166. The van der Waals surface area contributed by atoms with E-state index in [2.05, 4.69) is 9.97 Å². The molecule has 6 nitrogen and oxygen atoms in total. The lowest BCUT2D eigenvalue weighted by molar-refractivity contribution is -0.150. The summed E-state index contributed by atoms with van der Waals surface area (Å²) in [7, 11) is 0.